The van der Waals surface area contributed by atoms with Crippen LogP contribution in [0.2, 0.25) is 0 Å². The van der Waals surface area contributed by atoms with Gasteiger partial charge in [0, 0.05) is 6.07 Å². The van der Waals surface area contributed by atoms with Crippen molar-refractivity contribution in [1.29, 1.82) is 0 Å². The molecule has 3 heteroatoms. The summed E-state index contributed by atoms with van der Waals surface area (Å²) in [5, 5.41) is 0. The van der Waals surface area contributed by atoms with Gasteiger partial charge in [-0.05, 0) is 18.1 Å². The fourth-order valence-electron chi connectivity index (χ4n) is 0.994. The normalized spacial score (nSPS) is 9.25. The molecule has 0 aromatic heterocycles. The van der Waals surface area contributed by atoms with Gasteiger partial charge >= 0.3 is 0 Å². The van der Waals surface area contributed by atoms with Crippen molar-refractivity contribution in [2.75, 3.05) is 0 Å². The van der Waals surface area contributed by atoms with E-state index < -0.39 is 11.6 Å². The molecule has 0 aliphatic rings. The minimum absolute atomic E-state index is 0. The van der Waals surface area contributed by atoms with E-state index in [1.54, 1.807) is 0 Å². The Morgan fingerprint density at radius 2 is 1.92 bits per heavy atom. The van der Waals surface area contributed by atoms with E-state index in [1.165, 1.54) is 12.1 Å². The molecule has 3 N–H and O–H groups in total. The first-order valence-electron chi connectivity index (χ1n) is 3.68. The first-order chi connectivity index (χ1) is 5.24. The predicted octanol–water partition coefficient (Wildman–Crippen LogP) is 3.08. The van der Waals surface area contributed by atoms with Gasteiger partial charge in [0.05, 0.1) is 0 Å². The van der Waals surface area contributed by atoms with Crippen LogP contribution in [0, 0.1) is 11.6 Å². The zero-order chi connectivity index (χ0) is 8.27. The Hall–Kier alpha value is -0.960. The Labute approximate surface area is 71.0 Å². The van der Waals surface area contributed by atoms with Crippen molar-refractivity contribution >= 4 is 0 Å². The van der Waals surface area contributed by atoms with Crippen LogP contribution in [-0.2, 0) is 6.42 Å². The van der Waals surface area contributed by atoms with Gasteiger partial charge in [-0.25, -0.2) is 8.78 Å². The first-order valence-corrected chi connectivity index (χ1v) is 3.68. The summed E-state index contributed by atoms with van der Waals surface area (Å²) in [5.74, 6) is -0.950. The Kier molecular flexibility index (Phi) is 4.44. The first kappa shape index (κ1) is 11.0. The Balaban J connectivity index is 0.00000121. The average molecular weight is 173 g/mol. The van der Waals surface area contributed by atoms with Gasteiger partial charge in [-0.2, -0.15) is 0 Å². The summed E-state index contributed by atoms with van der Waals surface area (Å²) in [6.45, 7) is 1.96. The van der Waals surface area contributed by atoms with Gasteiger partial charge in [0.2, 0.25) is 0 Å². The SMILES string of the molecule is CCCc1ccc(F)cc1F.N. The fourth-order valence-corrected chi connectivity index (χ4v) is 0.994. The molecule has 0 unspecified atom stereocenters. The van der Waals surface area contributed by atoms with E-state index in [0.717, 1.165) is 12.5 Å². The van der Waals surface area contributed by atoms with Crippen molar-refractivity contribution in [3.05, 3.63) is 35.4 Å². The average Bonchev–Trinajstić information content (AvgIpc) is 1.95. The molecule has 0 atom stereocenters. The van der Waals surface area contributed by atoms with E-state index in [1.807, 2.05) is 6.92 Å². The Morgan fingerprint density at radius 1 is 1.25 bits per heavy atom. The molecule has 0 saturated carbocycles. The molecule has 0 bridgehead atoms. The standard InChI is InChI=1S/C9H10F2.H3N/c1-2-3-7-4-5-8(10)6-9(7)11;/h4-6H,2-3H2,1H3;1H3. The maximum Gasteiger partial charge on any atom is 0.129 e. The summed E-state index contributed by atoms with van der Waals surface area (Å²) in [6.07, 6.45) is 1.55. The summed E-state index contributed by atoms with van der Waals surface area (Å²) in [7, 11) is 0. The van der Waals surface area contributed by atoms with Gasteiger partial charge in [0.25, 0.3) is 0 Å². The van der Waals surface area contributed by atoms with Crippen molar-refractivity contribution in [1.82, 2.24) is 6.15 Å². The molecule has 1 rings (SSSR count). The van der Waals surface area contributed by atoms with Gasteiger partial charge in [-0.1, -0.05) is 19.4 Å². The summed E-state index contributed by atoms with van der Waals surface area (Å²) >= 11 is 0. The predicted molar refractivity (Wildman–Crippen MR) is 45.4 cm³/mol. The topological polar surface area (TPSA) is 35.0 Å². The summed E-state index contributed by atoms with van der Waals surface area (Å²) in [6, 6.07) is 3.70. The van der Waals surface area contributed by atoms with Gasteiger partial charge < -0.3 is 6.15 Å². The second-order valence-corrected chi connectivity index (χ2v) is 2.49. The number of hydrogen-bond acceptors (Lipinski definition) is 1. The van der Waals surface area contributed by atoms with Gasteiger partial charge in [0.15, 0.2) is 0 Å². The number of hydrogen-bond donors (Lipinski definition) is 1. The third-order valence-corrected chi connectivity index (χ3v) is 1.53. The molecule has 1 nitrogen and oxygen atoms in total. The highest BCUT2D eigenvalue weighted by molar-refractivity contribution is 5.18. The molecule has 0 amide bonds. The largest absolute Gasteiger partial charge is 0.344 e. The monoisotopic (exact) mass is 173 g/mol. The van der Waals surface area contributed by atoms with Crippen LogP contribution in [0.15, 0.2) is 18.2 Å². The lowest BCUT2D eigenvalue weighted by Crippen LogP contribution is -1.89. The third kappa shape index (κ3) is 2.58. The highest BCUT2D eigenvalue weighted by Crippen LogP contribution is 2.10. The highest BCUT2D eigenvalue weighted by atomic mass is 19.1. The zero-order valence-corrected chi connectivity index (χ0v) is 7.11. The lowest BCUT2D eigenvalue weighted by Gasteiger charge is -1.99. The number of aryl methyl sites for hydroxylation is 1. The van der Waals surface area contributed by atoms with Crippen LogP contribution in [0.3, 0.4) is 0 Å². The van der Waals surface area contributed by atoms with Gasteiger partial charge in [-0.15, -0.1) is 0 Å². The second kappa shape index (κ2) is 4.83. The van der Waals surface area contributed by atoms with Crippen LogP contribution in [0.5, 0.6) is 0 Å². The number of rotatable bonds is 2. The molecule has 0 saturated heterocycles. The molecular weight excluding hydrogens is 160 g/mol. The molecule has 0 aliphatic heterocycles. The van der Waals surface area contributed by atoms with Crippen molar-refractivity contribution in [2.45, 2.75) is 19.8 Å². The summed E-state index contributed by atoms with van der Waals surface area (Å²) in [4.78, 5) is 0. The minimum Gasteiger partial charge on any atom is -0.344 e. The van der Waals surface area contributed by atoms with Crippen LogP contribution in [0.25, 0.3) is 0 Å². The van der Waals surface area contributed by atoms with Crippen LogP contribution in [0.1, 0.15) is 18.9 Å². The van der Waals surface area contributed by atoms with E-state index in [2.05, 4.69) is 0 Å². The Morgan fingerprint density at radius 3 is 2.42 bits per heavy atom. The minimum atomic E-state index is -0.512. The lowest BCUT2D eigenvalue weighted by atomic mass is 10.1. The van der Waals surface area contributed by atoms with E-state index >= 15 is 0 Å². The maximum atomic E-state index is 12.8. The fraction of sp³-hybridized carbons (Fsp3) is 0.333. The lowest BCUT2D eigenvalue weighted by molar-refractivity contribution is 0.571. The van der Waals surface area contributed by atoms with Crippen molar-refractivity contribution < 1.29 is 8.78 Å². The maximum absolute atomic E-state index is 12.8. The van der Waals surface area contributed by atoms with E-state index in [0.29, 0.717) is 12.0 Å². The molecule has 0 heterocycles. The smallest absolute Gasteiger partial charge is 0.129 e. The van der Waals surface area contributed by atoms with Crippen LogP contribution >= 0.6 is 0 Å². The molecule has 12 heavy (non-hydrogen) atoms. The van der Waals surface area contributed by atoms with Crippen molar-refractivity contribution in [3.8, 4) is 0 Å². The van der Waals surface area contributed by atoms with E-state index in [-0.39, 0.29) is 6.15 Å². The quantitative estimate of drug-likeness (QED) is 0.732. The summed E-state index contributed by atoms with van der Waals surface area (Å²) < 4.78 is 25.1. The third-order valence-electron chi connectivity index (χ3n) is 1.53. The van der Waals surface area contributed by atoms with E-state index in [4.69, 9.17) is 0 Å². The number of benzene rings is 1. The summed E-state index contributed by atoms with van der Waals surface area (Å²) in [5.41, 5.74) is 0.592. The van der Waals surface area contributed by atoms with Crippen molar-refractivity contribution in [3.63, 3.8) is 0 Å². The van der Waals surface area contributed by atoms with Gasteiger partial charge in [-0.3, -0.25) is 0 Å². The molecule has 0 aliphatic carbocycles. The molecule has 0 fully saturated rings. The van der Waals surface area contributed by atoms with E-state index in [9.17, 15) is 8.78 Å². The highest BCUT2D eigenvalue weighted by Gasteiger charge is 2.00. The Bertz CT molecular complexity index is 248. The van der Waals surface area contributed by atoms with Gasteiger partial charge in [0.1, 0.15) is 11.6 Å². The molecule has 1 aromatic carbocycles. The van der Waals surface area contributed by atoms with Crippen LogP contribution < -0.4 is 6.15 Å². The van der Waals surface area contributed by atoms with Crippen LogP contribution in [-0.4, -0.2) is 0 Å². The number of halogens is 2. The molecule has 68 valence electrons. The zero-order valence-electron chi connectivity index (χ0n) is 7.11. The van der Waals surface area contributed by atoms with Crippen LogP contribution in [0.4, 0.5) is 8.78 Å². The van der Waals surface area contributed by atoms with Crippen molar-refractivity contribution in [2.24, 2.45) is 0 Å². The molecule has 0 radical (unpaired) electrons. The molecular formula is C9H13F2N. The molecule has 1 aromatic rings. The second-order valence-electron chi connectivity index (χ2n) is 2.49. The molecule has 0 spiro atoms.